The lowest BCUT2D eigenvalue weighted by Crippen LogP contribution is -1.92. The summed E-state index contributed by atoms with van der Waals surface area (Å²) in [6.45, 7) is 1.84. The predicted octanol–water partition coefficient (Wildman–Crippen LogP) is 2.26. The Morgan fingerprint density at radius 1 is 1.47 bits per heavy atom. The predicted molar refractivity (Wildman–Crippen MR) is 57.7 cm³/mol. The van der Waals surface area contributed by atoms with Crippen LogP contribution in [0.1, 0.15) is 11.4 Å². The fourth-order valence-corrected chi connectivity index (χ4v) is 2.53. The summed E-state index contributed by atoms with van der Waals surface area (Å²) in [5.41, 5.74) is 1.18. The van der Waals surface area contributed by atoms with E-state index in [1.807, 2.05) is 18.4 Å². The van der Waals surface area contributed by atoms with Crippen molar-refractivity contribution in [3.05, 3.63) is 29.0 Å². The Kier molecular flexibility index (Phi) is 2.94. The zero-order valence-corrected chi connectivity index (χ0v) is 9.47. The molecule has 0 radical (unpaired) electrons. The van der Waals surface area contributed by atoms with Crippen molar-refractivity contribution in [2.24, 2.45) is 0 Å². The van der Waals surface area contributed by atoms with Gasteiger partial charge in [-0.15, -0.1) is 11.3 Å². The van der Waals surface area contributed by atoms with E-state index in [0.717, 1.165) is 10.0 Å². The van der Waals surface area contributed by atoms with Crippen molar-refractivity contribution < 1.29 is 0 Å². The summed E-state index contributed by atoms with van der Waals surface area (Å²) in [7, 11) is 0. The van der Waals surface area contributed by atoms with Crippen molar-refractivity contribution in [3.63, 3.8) is 0 Å². The topological polar surface area (TPSA) is 62.5 Å². The minimum atomic E-state index is 0.390. The highest BCUT2D eigenvalue weighted by molar-refractivity contribution is 8.00. The molecule has 0 atom stereocenters. The number of nitrogens with zero attached hydrogens (tertiary/aromatic N) is 4. The minimum absolute atomic E-state index is 0.390. The summed E-state index contributed by atoms with van der Waals surface area (Å²) in [5.74, 6) is 0. The molecular weight excluding hydrogens is 228 g/mol. The first kappa shape index (κ1) is 10.1. The zero-order valence-electron chi connectivity index (χ0n) is 7.84. The van der Waals surface area contributed by atoms with Gasteiger partial charge in [-0.1, -0.05) is 0 Å². The maximum absolute atomic E-state index is 8.75. The molecule has 0 aliphatic rings. The van der Waals surface area contributed by atoms with E-state index in [4.69, 9.17) is 5.26 Å². The standard InChI is InChI=1S/C9H6N4S2/c1-6-4-7(5-10)13-8(12-6)15-9-11-2-3-14-9/h2-4H,1H3. The molecule has 2 aromatic heterocycles. The Labute approximate surface area is 95.0 Å². The smallest absolute Gasteiger partial charge is 0.196 e. The van der Waals surface area contributed by atoms with Crippen LogP contribution in [-0.4, -0.2) is 15.0 Å². The molecule has 15 heavy (non-hydrogen) atoms. The van der Waals surface area contributed by atoms with Crippen molar-refractivity contribution >= 4 is 23.1 Å². The maximum atomic E-state index is 8.75. The molecule has 0 aliphatic carbocycles. The van der Waals surface area contributed by atoms with Crippen LogP contribution in [0.15, 0.2) is 27.1 Å². The average molecular weight is 234 g/mol. The van der Waals surface area contributed by atoms with Gasteiger partial charge in [-0.25, -0.2) is 15.0 Å². The van der Waals surface area contributed by atoms with Gasteiger partial charge in [0.15, 0.2) is 9.50 Å². The van der Waals surface area contributed by atoms with E-state index >= 15 is 0 Å². The number of aryl methyl sites for hydroxylation is 1. The highest BCUT2D eigenvalue weighted by Crippen LogP contribution is 2.26. The average Bonchev–Trinajstić information content (AvgIpc) is 2.69. The molecule has 0 saturated carbocycles. The Balaban J connectivity index is 2.29. The summed E-state index contributed by atoms with van der Waals surface area (Å²) in [5, 5.41) is 11.2. The number of nitriles is 1. The van der Waals surface area contributed by atoms with E-state index < -0.39 is 0 Å². The Morgan fingerprint density at radius 3 is 3.00 bits per heavy atom. The molecule has 2 aromatic rings. The van der Waals surface area contributed by atoms with Gasteiger partial charge in [0, 0.05) is 17.3 Å². The van der Waals surface area contributed by atoms with Crippen molar-refractivity contribution in [1.29, 1.82) is 5.26 Å². The summed E-state index contributed by atoms with van der Waals surface area (Å²) >= 11 is 2.90. The van der Waals surface area contributed by atoms with Gasteiger partial charge in [0.2, 0.25) is 0 Å². The van der Waals surface area contributed by atoms with Gasteiger partial charge in [0.05, 0.1) is 0 Å². The van der Waals surface area contributed by atoms with Gasteiger partial charge in [-0.2, -0.15) is 5.26 Å². The zero-order chi connectivity index (χ0) is 10.7. The number of hydrogen-bond donors (Lipinski definition) is 0. The highest BCUT2D eigenvalue weighted by Gasteiger charge is 2.05. The van der Waals surface area contributed by atoms with Gasteiger partial charge in [-0.3, -0.25) is 0 Å². The molecule has 0 spiro atoms. The molecule has 0 unspecified atom stereocenters. The molecule has 0 amide bonds. The van der Waals surface area contributed by atoms with Gasteiger partial charge < -0.3 is 0 Å². The summed E-state index contributed by atoms with van der Waals surface area (Å²) in [6.07, 6.45) is 1.73. The summed E-state index contributed by atoms with van der Waals surface area (Å²) in [4.78, 5) is 12.4. The summed E-state index contributed by atoms with van der Waals surface area (Å²) in [6, 6.07) is 3.66. The van der Waals surface area contributed by atoms with Crippen molar-refractivity contribution in [2.75, 3.05) is 0 Å². The van der Waals surface area contributed by atoms with E-state index in [9.17, 15) is 0 Å². The molecule has 0 N–H and O–H groups in total. The Hall–Kier alpha value is -1.45. The van der Waals surface area contributed by atoms with Crippen molar-refractivity contribution in [1.82, 2.24) is 15.0 Å². The molecule has 4 nitrogen and oxygen atoms in total. The second kappa shape index (κ2) is 4.38. The van der Waals surface area contributed by atoms with Crippen LogP contribution in [0.25, 0.3) is 0 Å². The molecule has 2 heterocycles. The molecule has 0 bridgehead atoms. The molecular formula is C9H6N4S2. The maximum Gasteiger partial charge on any atom is 0.196 e. The molecule has 0 aliphatic heterocycles. The van der Waals surface area contributed by atoms with Crippen LogP contribution in [0.4, 0.5) is 0 Å². The first-order valence-corrected chi connectivity index (χ1v) is 5.80. The fraction of sp³-hybridized carbons (Fsp3) is 0.111. The lowest BCUT2D eigenvalue weighted by atomic mass is 10.4. The fourth-order valence-electron chi connectivity index (χ4n) is 0.983. The van der Waals surface area contributed by atoms with Crippen molar-refractivity contribution in [3.8, 4) is 6.07 Å². The van der Waals surface area contributed by atoms with Gasteiger partial charge >= 0.3 is 0 Å². The van der Waals surface area contributed by atoms with Gasteiger partial charge in [-0.05, 0) is 24.8 Å². The number of hydrogen-bond acceptors (Lipinski definition) is 6. The summed E-state index contributed by atoms with van der Waals surface area (Å²) < 4.78 is 0.879. The van der Waals surface area contributed by atoms with E-state index in [1.165, 1.54) is 23.1 Å². The van der Waals surface area contributed by atoms with Crippen LogP contribution in [0, 0.1) is 18.3 Å². The third-order valence-corrected chi connectivity index (χ3v) is 3.29. The number of rotatable bonds is 2. The van der Waals surface area contributed by atoms with E-state index in [0.29, 0.717) is 10.9 Å². The normalized spacial score (nSPS) is 9.87. The molecule has 0 fully saturated rings. The SMILES string of the molecule is Cc1cc(C#N)nc(Sc2nccs2)n1. The van der Waals surface area contributed by atoms with E-state index in [1.54, 1.807) is 12.3 Å². The molecule has 0 saturated heterocycles. The van der Waals surface area contributed by atoms with E-state index in [-0.39, 0.29) is 0 Å². The Morgan fingerprint density at radius 2 is 2.33 bits per heavy atom. The lowest BCUT2D eigenvalue weighted by molar-refractivity contribution is 0.918. The van der Waals surface area contributed by atoms with Crippen LogP contribution >= 0.6 is 23.1 Å². The van der Waals surface area contributed by atoms with Crippen LogP contribution in [0.5, 0.6) is 0 Å². The monoisotopic (exact) mass is 234 g/mol. The van der Waals surface area contributed by atoms with Crippen molar-refractivity contribution in [2.45, 2.75) is 16.4 Å². The van der Waals surface area contributed by atoms with E-state index in [2.05, 4.69) is 15.0 Å². The molecule has 74 valence electrons. The first-order valence-electron chi connectivity index (χ1n) is 4.11. The third kappa shape index (κ3) is 2.52. The Bertz CT molecular complexity index is 501. The number of thiazole rings is 1. The second-order valence-electron chi connectivity index (χ2n) is 2.69. The third-order valence-electron chi connectivity index (χ3n) is 1.54. The van der Waals surface area contributed by atoms with Crippen LogP contribution in [0.2, 0.25) is 0 Å². The minimum Gasteiger partial charge on any atom is -0.238 e. The second-order valence-corrected chi connectivity index (χ2v) is 4.80. The first-order chi connectivity index (χ1) is 7.28. The molecule has 2 rings (SSSR count). The number of aromatic nitrogens is 3. The van der Waals surface area contributed by atoms with Crippen LogP contribution in [0.3, 0.4) is 0 Å². The molecule has 0 aromatic carbocycles. The van der Waals surface area contributed by atoms with Crippen LogP contribution < -0.4 is 0 Å². The largest absolute Gasteiger partial charge is 0.238 e. The quantitative estimate of drug-likeness (QED) is 0.746. The highest BCUT2D eigenvalue weighted by atomic mass is 32.2. The van der Waals surface area contributed by atoms with Crippen LogP contribution in [-0.2, 0) is 0 Å². The molecule has 6 heteroatoms. The lowest BCUT2D eigenvalue weighted by Gasteiger charge is -1.98. The van der Waals surface area contributed by atoms with Gasteiger partial charge in [0.25, 0.3) is 0 Å². The van der Waals surface area contributed by atoms with Gasteiger partial charge in [0.1, 0.15) is 11.8 Å².